The zero-order chi connectivity index (χ0) is 23.8. The molecule has 2 saturated heterocycles. The maximum absolute atomic E-state index is 10.8. The van der Waals surface area contributed by atoms with Crippen LogP contribution in [0.3, 0.4) is 0 Å². The first-order valence-corrected chi connectivity index (χ1v) is 14.8. The summed E-state index contributed by atoms with van der Waals surface area (Å²) in [5.74, 6) is 4.21. The number of aliphatic hydroxyl groups excluding tert-OH is 1. The number of piperidine rings is 1. The van der Waals surface area contributed by atoms with E-state index in [-0.39, 0.29) is 5.60 Å². The number of thioether (sulfide) groups is 2. The number of β-amino-alcohol motifs (C(OH)–C–C–N with tert-alkyl or cyclic N) is 1. The van der Waals surface area contributed by atoms with Gasteiger partial charge in [-0.3, -0.25) is 0 Å². The van der Waals surface area contributed by atoms with Crippen LogP contribution in [0.5, 0.6) is 11.5 Å². The minimum Gasteiger partial charge on any atom is -0.490 e. The number of rotatable bonds is 6. The average molecular weight is 528 g/mol. The number of hydrogen-bond donors (Lipinski definition) is 1. The Balaban J connectivity index is 1.06. The molecule has 184 valence electrons. The Morgan fingerprint density at radius 1 is 1.09 bits per heavy atom. The van der Waals surface area contributed by atoms with E-state index in [0.29, 0.717) is 17.7 Å². The Morgan fingerprint density at radius 3 is 2.71 bits per heavy atom. The molecule has 1 N–H and O–H groups in total. The van der Waals surface area contributed by atoms with Crippen molar-refractivity contribution in [2.45, 2.75) is 35.5 Å². The van der Waals surface area contributed by atoms with Gasteiger partial charge in [0.05, 0.1) is 4.58 Å². The highest BCUT2D eigenvalue weighted by atomic mass is 35.5. The summed E-state index contributed by atoms with van der Waals surface area (Å²) in [5, 5.41) is 14.1. The van der Waals surface area contributed by atoms with Gasteiger partial charge in [0, 0.05) is 61.0 Å². The fourth-order valence-electron chi connectivity index (χ4n) is 5.53. The van der Waals surface area contributed by atoms with Crippen LogP contribution in [-0.4, -0.2) is 59.5 Å². The molecule has 3 aliphatic heterocycles. The van der Waals surface area contributed by atoms with Crippen LogP contribution in [0.2, 0.25) is 5.02 Å². The lowest BCUT2D eigenvalue weighted by Crippen LogP contribution is -2.49. The van der Waals surface area contributed by atoms with Crippen molar-refractivity contribution in [3.05, 3.63) is 70.7 Å². The second-order valence-corrected chi connectivity index (χ2v) is 12.9. The standard InChI is InChI=1S/C28H30ClNO3S2/c29-21-6-8-24-20(15-21)16-28(33-24)9-11-30(12-10-28)17-22(31)18-32-25-7-5-19-3-1-2-4-23(19)26(25)27-34-13-14-35-27/h1-8,15,22,27,31H,9-14,16-18H2. The zero-order valence-corrected chi connectivity index (χ0v) is 22.0. The second kappa shape index (κ2) is 10.1. The van der Waals surface area contributed by atoms with E-state index in [1.165, 1.54) is 33.4 Å². The first-order chi connectivity index (χ1) is 17.1. The van der Waals surface area contributed by atoms with E-state index in [1.54, 1.807) is 0 Å². The number of benzene rings is 3. The number of halogens is 1. The third-order valence-corrected chi connectivity index (χ3v) is 10.6. The number of aliphatic hydroxyl groups is 1. The van der Waals surface area contributed by atoms with Gasteiger partial charge in [0.15, 0.2) is 0 Å². The monoisotopic (exact) mass is 527 g/mol. The Bertz CT molecular complexity index is 1210. The average Bonchev–Trinajstić information content (AvgIpc) is 3.52. The number of hydrogen-bond acceptors (Lipinski definition) is 6. The highest BCUT2D eigenvalue weighted by molar-refractivity contribution is 8.19. The lowest BCUT2D eigenvalue weighted by molar-refractivity contribution is -0.00199. The predicted molar refractivity (Wildman–Crippen MR) is 147 cm³/mol. The van der Waals surface area contributed by atoms with E-state index >= 15 is 0 Å². The largest absolute Gasteiger partial charge is 0.490 e. The van der Waals surface area contributed by atoms with Gasteiger partial charge in [-0.05, 0) is 40.6 Å². The summed E-state index contributed by atoms with van der Waals surface area (Å²) in [6.07, 6.45) is 2.30. The van der Waals surface area contributed by atoms with Gasteiger partial charge >= 0.3 is 0 Å². The molecule has 2 fully saturated rings. The molecule has 0 bridgehead atoms. The maximum Gasteiger partial charge on any atom is 0.125 e. The lowest BCUT2D eigenvalue weighted by Gasteiger charge is -2.39. The SMILES string of the molecule is OC(COc1ccc2ccccc2c1C1SCCS1)CN1CCC2(CC1)Cc1cc(Cl)ccc1O2. The molecule has 3 heterocycles. The van der Waals surface area contributed by atoms with Gasteiger partial charge in [0.2, 0.25) is 0 Å². The number of fused-ring (bicyclic) bond motifs is 2. The normalized spacial score (nSPS) is 20.7. The van der Waals surface area contributed by atoms with Crippen LogP contribution in [0.4, 0.5) is 0 Å². The summed E-state index contributed by atoms with van der Waals surface area (Å²) in [6.45, 7) is 2.74. The molecule has 6 rings (SSSR count). The molecule has 3 aromatic carbocycles. The predicted octanol–water partition coefficient (Wildman–Crippen LogP) is 6.18. The van der Waals surface area contributed by atoms with Crippen molar-refractivity contribution in [3.8, 4) is 11.5 Å². The highest BCUT2D eigenvalue weighted by Gasteiger charge is 2.42. The summed E-state index contributed by atoms with van der Waals surface area (Å²) in [5.41, 5.74) is 2.35. The number of nitrogens with zero attached hydrogens (tertiary/aromatic N) is 1. The third kappa shape index (κ3) is 5.01. The maximum atomic E-state index is 10.8. The molecular weight excluding hydrogens is 498 g/mol. The van der Waals surface area contributed by atoms with Crippen LogP contribution in [0, 0.1) is 0 Å². The van der Waals surface area contributed by atoms with E-state index in [0.717, 1.165) is 48.9 Å². The van der Waals surface area contributed by atoms with Crippen molar-refractivity contribution in [2.24, 2.45) is 0 Å². The molecule has 7 heteroatoms. The van der Waals surface area contributed by atoms with Crippen LogP contribution >= 0.6 is 35.1 Å². The van der Waals surface area contributed by atoms with E-state index < -0.39 is 6.10 Å². The van der Waals surface area contributed by atoms with Crippen molar-refractivity contribution in [3.63, 3.8) is 0 Å². The first kappa shape index (κ1) is 23.8. The van der Waals surface area contributed by atoms with Crippen molar-refractivity contribution >= 4 is 45.9 Å². The number of likely N-dealkylation sites (tertiary alicyclic amines) is 1. The van der Waals surface area contributed by atoms with Crippen LogP contribution in [0.15, 0.2) is 54.6 Å². The van der Waals surface area contributed by atoms with Crippen LogP contribution in [0.25, 0.3) is 10.8 Å². The Hall–Kier alpha value is -1.57. The minimum absolute atomic E-state index is 0.123. The summed E-state index contributed by atoms with van der Waals surface area (Å²) >= 11 is 10.1. The highest BCUT2D eigenvalue weighted by Crippen LogP contribution is 2.50. The smallest absolute Gasteiger partial charge is 0.125 e. The summed E-state index contributed by atoms with van der Waals surface area (Å²) in [7, 11) is 0. The van der Waals surface area contributed by atoms with E-state index in [4.69, 9.17) is 21.1 Å². The topological polar surface area (TPSA) is 41.9 Å². The molecule has 0 aliphatic carbocycles. The van der Waals surface area contributed by atoms with E-state index in [1.807, 2.05) is 41.7 Å². The Kier molecular flexibility index (Phi) is 6.84. The van der Waals surface area contributed by atoms with Crippen LogP contribution in [-0.2, 0) is 6.42 Å². The molecule has 1 spiro atoms. The van der Waals surface area contributed by atoms with Crippen molar-refractivity contribution in [1.29, 1.82) is 0 Å². The third-order valence-electron chi connectivity index (χ3n) is 7.32. The molecule has 1 atom stereocenters. The quantitative estimate of drug-likeness (QED) is 0.413. The van der Waals surface area contributed by atoms with Gasteiger partial charge in [0.25, 0.3) is 0 Å². The van der Waals surface area contributed by atoms with Crippen LogP contribution < -0.4 is 9.47 Å². The van der Waals surface area contributed by atoms with Gasteiger partial charge in [-0.2, -0.15) is 0 Å². The fourth-order valence-corrected chi connectivity index (χ4v) is 8.70. The summed E-state index contributed by atoms with van der Waals surface area (Å²) in [4.78, 5) is 2.34. The van der Waals surface area contributed by atoms with Gasteiger partial charge in [0.1, 0.15) is 29.8 Å². The molecule has 4 nitrogen and oxygen atoms in total. The van der Waals surface area contributed by atoms with Gasteiger partial charge in [-0.1, -0.05) is 41.9 Å². The molecule has 1 unspecified atom stereocenters. The Labute approximate surface area is 220 Å². The van der Waals surface area contributed by atoms with Crippen molar-refractivity contribution < 1.29 is 14.6 Å². The van der Waals surface area contributed by atoms with E-state index in [9.17, 15) is 5.11 Å². The molecule has 3 aromatic rings. The molecule has 0 aromatic heterocycles. The molecule has 35 heavy (non-hydrogen) atoms. The second-order valence-electron chi connectivity index (χ2n) is 9.75. The van der Waals surface area contributed by atoms with Gasteiger partial charge in [-0.25, -0.2) is 0 Å². The number of ether oxygens (including phenoxy) is 2. The molecule has 0 saturated carbocycles. The summed E-state index contributed by atoms with van der Waals surface area (Å²) < 4.78 is 13.0. The Morgan fingerprint density at radius 2 is 1.89 bits per heavy atom. The van der Waals surface area contributed by atoms with Gasteiger partial charge in [-0.15, -0.1) is 23.5 Å². The summed E-state index contributed by atoms with van der Waals surface area (Å²) in [6, 6.07) is 18.7. The zero-order valence-electron chi connectivity index (χ0n) is 19.6. The lowest BCUT2D eigenvalue weighted by atomic mass is 9.87. The van der Waals surface area contributed by atoms with E-state index in [2.05, 4.69) is 41.3 Å². The molecule has 0 amide bonds. The molecule has 3 aliphatic rings. The van der Waals surface area contributed by atoms with Crippen molar-refractivity contribution in [1.82, 2.24) is 4.90 Å². The molecule has 0 radical (unpaired) electrons. The van der Waals surface area contributed by atoms with Crippen LogP contribution in [0.1, 0.15) is 28.6 Å². The fraction of sp³-hybridized carbons (Fsp3) is 0.429. The van der Waals surface area contributed by atoms with Gasteiger partial charge < -0.3 is 19.5 Å². The molecular formula is C28H30ClNO3S2. The first-order valence-electron chi connectivity index (χ1n) is 12.3. The van der Waals surface area contributed by atoms with Crippen molar-refractivity contribution in [2.75, 3.05) is 37.7 Å². The minimum atomic E-state index is -0.534.